The van der Waals surface area contributed by atoms with E-state index in [1.165, 1.54) is 57.5 Å². The molecule has 2 unspecified atom stereocenters. The van der Waals surface area contributed by atoms with E-state index in [-0.39, 0.29) is 11.9 Å². The number of nitrogens with zero attached hydrogens (tertiary/aromatic N) is 3. The molecule has 27 heavy (non-hydrogen) atoms. The van der Waals surface area contributed by atoms with Crippen LogP contribution in [0.3, 0.4) is 0 Å². The number of aliphatic imine (C=N–C) groups is 1. The van der Waals surface area contributed by atoms with Crippen LogP contribution in [0.5, 0.6) is 0 Å². The van der Waals surface area contributed by atoms with Crippen LogP contribution < -0.4 is 5.32 Å². The zero-order valence-corrected chi connectivity index (χ0v) is 16.7. The van der Waals surface area contributed by atoms with Gasteiger partial charge in [-0.05, 0) is 56.0 Å². The van der Waals surface area contributed by atoms with Crippen molar-refractivity contribution in [2.24, 2.45) is 10.9 Å². The van der Waals surface area contributed by atoms with Gasteiger partial charge < -0.3 is 19.9 Å². The van der Waals surface area contributed by atoms with Crippen LogP contribution in [-0.4, -0.2) is 69.2 Å². The van der Waals surface area contributed by atoms with Crippen LogP contribution in [0.15, 0.2) is 29.3 Å². The molecule has 0 spiro atoms. The molecule has 3 rings (SSSR count). The van der Waals surface area contributed by atoms with Crippen molar-refractivity contribution < 1.29 is 9.13 Å². The third-order valence-electron chi connectivity index (χ3n) is 5.73. The number of likely N-dealkylation sites (tertiary alicyclic amines) is 2. The number of piperidine rings is 1. The summed E-state index contributed by atoms with van der Waals surface area (Å²) in [5, 5.41) is 3.44. The predicted molar refractivity (Wildman–Crippen MR) is 107 cm³/mol. The lowest BCUT2D eigenvalue weighted by atomic mass is 10.1. The molecular weight excluding hydrogens is 343 g/mol. The van der Waals surface area contributed by atoms with Crippen LogP contribution >= 0.6 is 0 Å². The van der Waals surface area contributed by atoms with Crippen LogP contribution in [0.25, 0.3) is 0 Å². The highest BCUT2D eigenvalue weighted by molar-refractivity contribution is 5.80. The summed E-state index contributed by atoms with van der Waals surface area (Å²) in [4.78, 5) is 9.45. The normalized spacial score (nSPS) is 22.9. The number of nitrogens with one attached hydrogen (secondary N) is 1. The Bertz CT molecular complexity index is 601. The van der Waals surface area contributed by atoms with Gasteiger partial charge in [0.25, 0.3) is 0 Å². The van der Waals surface area contributed by atoms with E-state index in [1.807, 2.05) is 7.05 Å². The average Bonchev–Trinajstić information content (AvgIpc) is 3.15. The highest BCUT2D eigenvalue weighted by Gasteiger charge is 2.27. The quantitative estimate of drug-likeness (QED) is 0.612. The molecule has 0 saturated carbocycles. The zero-order chi connectivity index (χ0) is 19.1. The Morgan fingerprint density at radius 2 is 1.96 bits per heavy atom. The SMILES string of the molecule is CN=C(NCC(OC)c1ccc(F)cc1)N1CCC(CN2CCCCC2)C1. The van der Waals surface area contributed by atoms with Gasteiger partial charge in [0.1, 0.15) is 5.82 Å². The summed E-state index contributed by atoms with van der Waals surface area (Å²) in [5.74, 6) is 1.42. The molecule has 0 aromatic heterocycles. The van der Waals surface area contributed by atoms with E-state index in [0.717, 1.165) is 30.5 Å². The number of hydrogen-bond acceptors (Lipinski definition) is 3. The minimum absolute atomic E-state index is 0.130. The lowest BCUT2D eigenvalue weighted by molar-refractivity contribution is 0.106. The first-order chi connectivity index (χ1) is 13.2. The molecule has 1 N–H and O–H groups in total. The topological polar surface area (TPSA) is 40.1 Å². The van der Waals surface area contributed by atoms with Crippen LogP contribution in [0.4, 0.5) is 4.39 Å². The lowest BCUT2D eigenvalue weighted by Gasteiger charge is -2.29. The van der Waals surface area contributed by atoms with Crippen molar-refractivity contribution in [3.8, 4) is 0 Å². The molecule has 2 fully saturated rings. The van der Waals surface area contributed by atoms with Gasteiger partial charge in [-0.25, -0.2) is 4.39 Å². The third kappa shape index (κ3) is 5.66. The molecular formula is C21H33FN4O. The average molecular weight is 377 g/mol. The minimum Gasteiger partial charge on any atom is -0.375 e. The number of methoxy groups -OCH3 is 1. The van der Waals surface area contributed by atoms with Gasteiger partial charge in [0, 0.05) is 40.3 Å². The molecule has 2 saturated heterocycles. The van der Waals surface area contributed by atoms with Crippen molar-refractivity contribution in [1.29, 1.82) is 0 Å². The number of guanidine groups is 1. The number of halogens is 1. The van der Waals surface area contributed by atoms with Gasteiger partial charge in [-0.1, -0.05) is 18.6 Å². The van der Waals surface area contributed by atoms with Crippen LogP contribution in [0.2, 0.25) is 0 Å². The van der Waals surface area contributed by atoms with Crippen molar-refractivity contribution in [1.82, 2.24) is 15.1 Å². The van der Waals surface area contributed by atoms with Crippen molar-refractivity contribution in [3.05, 3.63) is 35.6 Å². The molecule has 0 aliphatic carbocycles. The van der Waals surface area contributed by atoms with E-state index in [0.29, 0.717) is 6.54 Å². The van der Waals surface area contributed by atoms with E-state index in [2.05, 4.69) is 20.1 Å². The van der Waals surface area contributed by atoms with E-state index < -0.39 is 0 Å². The van der Waals surface area contributed by atoms with Gasteiger partial charge in [0.2, 0.25) is 0 Å². The van der Waals surface area contributed by atoms with Crippen LogP contribution in [0, 0.1) is 11.7 Å². The summed E-state index contributed by atoms with van der Waals surface area (Å²) >= 11 is 0. The minimum atomic E-state index is -0.228. The number of benzene rings is 1. The molecule has 0 radical (unpaired) electrons. The molecule has 1 aromatic rings. The Morgan fingerprint density at radius 1 is 1.22 bits per heavy atom. The van der Waals surface area contributed by atoms with Crippen molar-refractivity contribution in [2.45, 2.75) is 31.8 Å². The van der Waals surface area contributed by atoms with Crippen LogP contribution in [-0.2, 0) is 4.74 Å². The second-order valence-corrected chi connectivity index (χ2v) is 7.67. The van der Waals surface area contributed by atoms with E-state index in [1.54, 1.807) is 19.2 Å². The largest absolute Gasteiger partial charge is 0.375 e. The van der Waals surface area contributed by atoms with Crippen molar-refractivity contribution >= 4 is 5.96 Å². The fourth-order valence-corrected chi connectivity index (χ4v) is 4.21. The van der Waals surface area contributed by atoms with Gasteiger partial charge in [-0.3, -0.25) is 4.99 Å². The maximum atomic E-state index is 13.1. The van der Waals surface area contributed by atoms with E-state index in [9.17, 15) is 4.39 Å². The summed E-state index contributed by atoms with van der Waals surface area (Å²) < 4.78 is 18.7. The van der Waals surface area contributed by atoms with Crippen molar-refractivity contribution in [2.75, 3.05) is 53.4 Å². The second-order valence-electron chi connectivity index (χ2n) is 7.67. The summed E-state index contributed by atoms with van der Waals surface area (Å²) in [7, 11) is 3.52. The van der Waals surface area contributed by atoms with Gasteiger partial charge in [-0.15, -0.1) is 0 Å². The van der Waals surface area contributed by atoms with E-state index in [4.69, 9.17) is 4.74 Å². The van der Waals surface area contributed by atoms with Gasteiger partial charge in [0.05, 0.1) is 6.10 Å². The molecule has 0 amide bonds. The Kier molecular flexibility index (Phi) is 7.47. The fraction of sp³-hybridized carbons (Fsp3) is 0.667. The third-order valence-corrected chi connectivity index (χ3v) is 5.73. The number of rotatable bonds is 6. The van der Waals surface area contributed by atoms with Gasteiger partial charge >= 0.3 is 0 Å². The smallest absolute Gasteiger partial charge is 0.193 e. The second kappa shape index (κ2) is 10.0. The monoisotopic (exact) mass is 376 g/mol. The molecule has 2 atom stereocenters. The molecule has 5 nitrogen and oxygen atoms in total. The Labute approximate surface area is 162 Å². The fourth-order valence-electron chi connectivity index (χ4n) is 4.21. The molecule has 1 aromatic carbocycles. The molecule has 6 heteroatoms. The first-order valence-corrected chi connectivity index (χ1v) is 10.2. The maximum Gasteiger partial charge on any atom is 0.193 e. The zero-order valence-electron chi connectivity index (χ0n) is 16.7. The summed E-state index contributed by atoms with van der Waals surface area (Å²) in [6.45, 7) is 6.45. The summed E-state index contributed by atoms with van der Waals surface area (Å²) in [6, 6.07) is 6.50. The maximum absolute atomic E-state index is 13.1. The molecule has 2 heterocycles. The molecule has 150 valence electrons. The van der Waals surface area contributed by atoms with E-state index >= 15 is 0 Å². The Morgan fingerprint density at radius 3 is 2.63 bits per heavy atom. The van der Waals surface area contributed by atoms with Crippen LogP contribution in [0.1, 0.15) is 37.4 Å². The molecule has 2 aliphatic rings. The number of hydrogen-bond donors (Lipinski definition) is 1. The first kappa shape index (κ1) is 20.1. The predicted octanol–water partition coefficient (Wildman–Crippen LogP) is 2.90. The van der Waals surface area contributed by atoms with Gasteiger partial charge in [-0.2, -0.15) is 0 Å². The lowest BCUT2D eigenvalue weighted by Crippen LogP contribution is -2.42. The highest BCUT2D eigenvalue weighted by Crippen LogP contribution is 2.21. The highest BCUT2D eigenvalue weighted by atomic mass is 19.1. The Balaban J connectivity index is 1.49. The van der Waals surface area contributed by atoms with Gasteiger partial charge in [0.15, 0.2) is 5.96 Å². The molecule has 2 aliphatic heterocycles. The standard InChI is InChI=1S/C21H33FN4O/c1-23-21(24-14-20(27-2)18-6-8-19(22)9-7-18)26-13-10-17(16-26)15-25-11-4-3-5-12-25/h6-9,17,20H,3-5,10-16H2,1-2H3,(H,23,24). The number of ether oxygens (including phenoxy) is 1. The summed E-state index contributed by atoms with van der Waals surface area (Å²) in [5.41, 5.74) is 0.964. The van der Waals surface area contributed by atoms with Crippen molar-refractivity contribution in [3.63, 3.8) is 0 Å². The Hall–Kier alpha value is -1.66. The summed E-state index contributed by atoms with van der Waals surface area (Å²) in [6.07, 6.45) is 5.18. The first-order valence-electron chi connectivity index (χ1n) is 10.2. The molecule has 0 bridgehead atoms.